The number of fused-ring (bicyclic) bond motifs is 5. The SMILES string of the molecule is CC(C)=CCCC(C)(O)C1CC[C@]2(C)C1C(O)CC1[C@@]3(C)CCC(O)C(C)(C)C3C(O[C@@H]3OC(CO)C(O)C(O)C3O[C@@H]3OC(C)C(O)C(O)C3O)C[C@]12C. The molecule has 6 rings (SSSR count). The number of rotatable bonds is 9. The molecule has 2 aliphatic heterocycles. The van der Waals surface area contributed by atoms with Gasteiger partial charge in [0.2, 0.25) is 0 Å². The van der Waals surface area contributed by atoms with Crippen LogP contribution >= 0.6 is 0 Å². The van der Waals surface area contributed by atoms with Crippen LogP contribution in [0.3, 0.4) is 0 Å². The molecule has 6 fully saturated rings. The third kappa shape index (κ3) is 7.10. The Morgan fingerprint density at radius 3 is 2.13 bits per heavy atom. The summed E-state index contributed by atoms with van der Waals surface area (Å²) < 4.78 is 25.1. The molecule has 0 aromatic carbocycles. The highest BCUT2D eigenvalue weighted by Gasteiger charge is 2.73. The van der Waals surface area contributed by atoms with E-state index in [2.05, 4.69) is 40.7 Å². The molecule has 13 heteroatoms. The summed E-state index contributed by atoms with van der Waals surface area (Å²) in [6.07, 6.45) is -8.99. The van der Waals surface area contributed by atoms with E-state index in [1.165, 1.54) is 12.5 Å². The van der Waals surface area contributed by atoms with Gasteiger partial charge in [0, 0.05) is 0 Å². The average molecular weight is 785 g/mol. The van der Waals surface area contributed by atoms with E-state index in [1.807, 2.05) is 20.8 Å². The Hall–Kier alpha value is -0.780. The maximum absolute atomic E-state index is 12.3. The van der Waals surface area contributed by atoms with Crippen molar-refractivity contribution in [2.45, 2.75) is 199 Å². The van der Waals surface area contributed by atoms with Gasteiger partial charge in [-0.3, -0.25) is 0 Å². The molecule has 16 unspecified atom stereocenters. The van der Waals surface area contributed by atoms with E-state index in [0.717, 1.165) is 19.3 Å². The molecular formula is C42H72O13. The molecule has 9 N–H and O–H groups in total. The van der Waals surface area contributed by atoms with Crippen molar-refractivity contribution >= 4 is 0 Å². The molecule has 2 heterocycles. The van der Waals surface area contributed by atoms with Crippen LogP contribution in [0.1, 0.15) is 114 Å². The number of aliphatic hydroxyl groups is 9. The van der Waals surface area contributed by atoms with Gasteiger partial charge in [0.1, 0.15) is 42.7 Å². The first-order valence-electron chi connectivity index (χ1n) is 20.8. The molecule has 6 aliphatic rings. The summed E-state index contributed by atoms with van der Waals surface area (Å²) in [6.45, 7) is 17.8. The quantitative estimate of drug-likeness (QED) is 0.121. The summed E-state index contributed by atoms with van der Waals surface area (Å²) in [4.78, 5) is 0. The second kappa shape index (κ2) is 15.4. The van der Waals surface area contributed by atoms with Crippen LogP contribution in [0.4, 0.5) is 0 Å². The van der Waals surface area contributed by atoms with Gasteiger partial charge in [-0.2, -0.15) is 0 Å². The first-order valence-corrected chi connectivity index (χ1v) is 20.8. The largest absolute Gasteiger partial charge is 0.394 e. The van der Waals surface area contributed by atoms with E-state index >= 15 is 0 Å². The van der Waals surface area contributed by atoms with Crippen molar-refractivity contribution < 1.29 is 64.9 Å². The minimum atomic E-state index is -1.70. The third-order valence-electron chi connectivity index (χ3n) is 16.5. The minimum absolute atomic E-state index is 0.0411. The molecule has 2 saturated heterocycles. The summed E-state index contributed by atoms with van der Waals surface area (Å²) in [5, 5.41) is 100. The Morgan fingerprint density at radius 2 is 1.49 bits per heavy atom. The van der Waals surface area contributed by atoms with Gasteiger partial charge in [0.15, 0.2) is 12.6 Å². The van der Waals surface area contributed by atoms with Gasteiger partial charge in [0.25, 0.3) is 0 Å². The Morgan fingerprint density at radius 1 is 0.818 bits per heavy atom. The van der Waals surface area contributed by atoms with Gasteiger partial charge in [-0.25, -0.2) is 0 Å². The summed E-state index contributed by atoms with van der Waals surface area (Å²) in [7, 11) is 0. The summed E-state index contributed by atoms with van der Waals surface area (Å²) in [5.74, 6) is -0.526. The van der Waals surface area contributed by atoms with Gasteiger partial charge in [-0.05, 0) is 124 Å². The molecule has 0 aromatic rings. The first kappa shape index (κ1) is 43.8. The van der Waals surface area contributed by atoms with Gasteiger partial charge in [0.05, 0.1) is 36.6 Å². The van der Waals surface area contributed by atoms with E-state index in [4.69, 9.17) is 18.9 Å². The molecule has 0 spiro atoms. The van der Waals surface area contributed by atoms with Crippen LogP contribution in [0.5, 0.6) is 0 Å². The first-order chi connectivity index (χ1) is 25.5. The van der Waals surface area contributed by atoms with E-state index in [1.54, 1.807) is 0 Å². The predicted molar refractivity (Wildman–Crippen MR) is 201 cm³/mol. The number of aliphatic hydroxyl groups excluding tert-OH is 8. The number of ether oxygens (including phenoxy) is 4. The second-order valence-electron chi connectivity index (χ2n) is 20.3. The van der Waals surface area contributed by atoms with Gasteiger partial charge < -0.3 is 64.9 Å². The van der Waals surface area contributed by atoms with Gasteiger partial charge in [-0.15, -0.1) is 0 Å². The fourth-order valence-electron chi connectivity index (χ4n) is 13.3. The molecule has 318 valence electrons. The van der Waals surface area contributed by atoms with Crippen LogP contribution in [0.25, 0.3) is 0 Å². The summed E-state index contributed by atoms with van der Waals surface area (Å²) in [6, 6.07) is 0. The zero-order valence-electron chi connectivity index (χ0n) is 34.4. The minimum Gasteiger partial charge on any atom is -0.394 e. The molecule has 0 bridgehead atoms. The fraction of sp³-hybridized carbons (Fsp3) is 0.952. The lowest BCUT2D eigenvalue weighted by Gasteiger charge is -2.72. The summed E-state index contributed by atoms with van der Waals surface area (Å²) in [5.41, 5.74) is -1.71. The number of hydrogen-bond acceptors (Lipinski definition) is 13. The Labute approximate surface area is 327 Å². The third-order valence-corrected chi connectivity index (χ3v) is 16.5. The lowest BCUT2D eigenvalue weighted by molar-refractivity contribution is -0.382. The normalized spacial score (nSPS) is 53.4. The molecule has 21 atom stereocenters. The predicted octanol–water partition coefficient (Wildman–Crippen LogP) is 2.15. The van der Waals surface area contributed by atoms with Gasteiger partial charge in [-0.1, -0.05) is 46.3 Å². The van der Waals surface area contributed by atoms with Crippen molar-refractivity contribution in [3.05, 3.63) is 11.6 Å². The van der Waals surface area contributed by atoms with Crippen molar-refractivity contribution in [3.63, 3.8) is 0 Å². The molecule has 4 aliphatic carbocycles. The van der Waals surface area contributed by atoms with E-state index < -0.39 is 114 Å². The number of hydrogen-bond donors (Lipinski definition) is 9. The standard InChI is InChI=1S/C42H72O13/c1-20(2)11-10-14-42(9,51)22-12-16-40(7)28(22)23(44)17-26-39(6)15-13-27(45)38(4,5)35(39)24(18-41(26,40)8)53-37-34(32(49)30(47)25(19-43)54-37)55-36-33(50)31(48)29(46)21(3)52-36/h11,21-37,43-51H,10,12-19H2,1-9H3/t21?,22?,23?,24?,25?,26?,27?,28?,29?,30?,31?,32?,33?,34?,35?,36-,37+,39+,40+,41+,42?/m0/s1. The van der Waals surface area contributed by atoms with Crippen molar-refractivity contribution in [3.8, 4) is 0 Å². The smallest absolute Gasteiger partial charge is 0.187 e. The maximum Gasteiger partial charge on any atom is 0.187 e. The zero-order valence-corrected chi connectivity index (χ0v) is 34.4. The average Bonchev–Trinajstić information content (AvgIpc) is 3.49. The molecule has 0 radical (unpaired) electrons. The number of allylic oxidation sites excluding steroid dienone is 2. The molecule has 13 nitrogen and oxygen atoms in total. The highest BCUT2D eigenvalue weighted by molar-refractivity contribution is 5.22. The lowest BCUT2D eigenvalue weighted by Crippen LogP contribution is -2.71. The van der Waals surface area contributed by atoms with Crippen LogP contribution in [-0.2, 0) is 18.9 Å². The van der Waals surface area contributed by atoms with Crippen LogP contribution in [0.2, 0.25) is 0 Å². The van der Waals surface area contributed by atoms with Crippen molar-refractivity contribution in [1.29, 1.82) is 0 Å². The van der Waals surface area contributed by atoms with Crippen LogP contribution in [0.15, 0.2) is 11.6 Å². The van der Waals surface area contributed by atoms with E-state index in [0.29, 0.717) is 32.1 Å². The van der Waals surface area contributed by atoms with Gasteiger partial charge >= 0.3 is 0 Å². The summed E-state index contributed by atoms with van der Waals surface area (Å²) >= 11 is 0. The van der Waals surface area contributed by atoms with Crippen molar-refractivity contribution in [2.75, 3.05) is 6.61 Å². The zero-order chi connectivity index (χ0) is 40.8. The fourth-order valence-corrected chi connectivity index (χ4v) is 13.3. The van der Waals surface area contributed by atoms with E-state index in [-0.39, 0.29) is 23.7 Å². The van der Waals surface area contributed by atoms with Crippen LogP contribution < -0.4 is 0 Å². The topological polar surface area (TPSA) is 219 Å². The Kier molecular flexibility index (Phi) is 12.2. The van der Waals surface area contributed by atoms with Crippen LogP contribution in [0, 0.1) is 45.3 Å². The molecular weight excluding hydrogens is 712 g/mol. The van der Waals surface area contributed by atoms with Crippen LogP contribution in [-0.4, -0.2) is 138 Å². The molecule has 4 saturated carbocycles. The monoisotopic (exact) mass is 784 g/mol. The molecule has 55 heavy (non-hydrogen) atoms. The van der Waals surface area contributed by atoms with Crippen molar-refractivity contribution in [1.82, 2.24) is 0 Å². The molecule has 0 amide bonds. The second-order valence-corrected chi connectivity index (χ2v) is 20.3. The maximum atomic E-state index is 12.3. The Balaban J connectivity index is 1.38. The van der Waals surface area contributed by atoms with E-state index in [9.17, 15) is 46.0 Å². The lowest BCUT2D eigenvalue weighted by atomic mass is 9.34. The Bertz CT molecular complexity index is 1390. The highest BCUT2D eigenvalue weighted by Crippen LogP contribution is 2.76. The highest BCUT2D eigenvalue weighted by atomic mass is 16.8. The van der Waals surface area contributed by atoms with Crippen molar-refractivity contribution in [2.24, 2.45) is 45.3 Å². The molecule has 0 aromatic heterocycles.